The van der Waals surface area contributed by atoms with Gasteiger partial charge in [0.25, 0.3) is 0 Å². The molecule has 0 spiro atoms. The van der Waals surface area contributed by atoms with Crippen molar-refractivity contribution in [2.24, 2.45) is 23.5 Å². The molecule has 1 aliphatic carbocycles. The Morgan fingerprint density at radius 3 is 2.48 bits per heavy atom. The van der Waals surface area contributed by atoms with E-state index in [1.54, 1.807) is 6.07 Å². The van der Waals surface area contributed by atoms with Gasteiger partial charge >= 0.3 is 0 Å². The molecule has 2 aliphatic rings. The normalized spacial score (nSPS) is 25.8. The van der Waals surface area contributed by atoms with Gasteiger partial charge in [-0.2, -0.15) is 0 Å². The zero-order valence-electron chi connectivity index (χ0n) is 14.5. The number of thiophene rings is 1. The van der Waals surface area contributed by atoms with Crippen LogP contribution in [0.1, 0.15) is 48.2 Å². The Bertz CT molecular complexity index is 602. The molecule has 4 nitrogen and oxygen atoms in total. The molecule has 1 aliphatic heterocycles. The minimum atomic E-state index is -0.159. The van der Waals surface area contributed by atoms with E-state index >= 15 is 0 Å². The number of Topliss-reactive ketones (excluding diaryl/α,β-unsaturated/α-hetero) is 1. The maximum Gasteiger partial charge on any atom is 0.220 e. The Morgan fingerprint density at radius 1 is 1.16 bits per heavy atom. The van der Waals surface area contributed by atoms with Crippen molar-refractivity contribution in [1.82, 2.24) is 4.90 Å². The summed E-state index contributed by atoms with van der Waals surface area (Å²) in [6.45, 7) is 3.06. The summed E-state index contributed by atoms with van der Waals surface area (Å²) in [5.41, 5.74) is 5.38. The van der Waals surface area contributed by atoms with Crippen LogP contribution in [0.4, 0.5) is 0 Å². The molecule has 3 rings (SSSR count). The number of likely N-dealkylation sites (tertiary alicyclic amines) is 1. The van der Waals surface area contributed by atoms with Crippen LogP contribution in [-0.2, 0) is 4.79 Å². The minimum absolute atomic E-state index is 0.0452. The van der Waals surface area contributed by atoms with Crippen molar-refractivity contribution < 1.29 is 9.59 Å². The molecule has 2 fully saturated rings. The molecule has 2 heterocycles. The summed E-state index contributed by atoms with van der Waals surface area (Å²) in [7, 11) is 0. The number of rotatable bonds is 6. The maximum absolute atomic E-state index is 12.5. The number of amides is 1. The van der Waals surface area contributed by atoms with Crippen LogP contribution in [0.3, 0.4) is 0 Å². The van der Waals surface area contributed by atoms with Gasteiger partial charge in [-0.25, -0.2) is 0 Å². The molecule has 137 valence electrons. The number of piperidine rings is 1. The molecule has 2 atom stereocenters. The smallest absolute Gasteiger partial charge is 0.220 e. The van der Waals surface area contributed by atoms with Crippen molar-refractivity contribution in [3.63, 3.8) is 0 Å². The fourth-order valence-electron chi connectivity index (χ4n) is 3.94. The number of nitrogens with zero attached hydrogens (tertiary/aromatic N) is 1. The number of hydrogen-bond acceptors (Lipinski definition) is 4. The zero-order valence-corrected chi connectivity index (χ0v) is 16.0. The summed E-state index contributed by atoms with van der Waals surface area (Å²) < 4.78 is 0.683. The number of nitrogens with two attached hydrogens (primary N) is 1. The van der Waals surface area contributed by atoms with Gasteiger partial charge in [0.15, 0.2) is 5.78 Å². The number of carbonyl (C=O) groups is 2. The van der Waals surface area contributed by atoms with Gasteiger partial charge in [0.05, 0.1) is 9.21 Å². The van der Waals surface area contributed by atoms with E-state index in [-0.39, 0.29) is 23.5 Å². The Labute approximate surface area is 158 Å². The van der Waals surface area contributed by atoms with Crippen LogP contribution < -0.4 is 5.73 Å². The van der Waals surface area contributed by atoms with E-state index in [0.29, 0.717) is 10.3 Å². The van der Waals surface area contributed by atoms with Crippen LogP contribution in [-0.4, -0.2) is 36.2 Å². The molecule has 1 aromatic heterocycles. The van der Waals surface area contributed by atoms with Crippen molar-refractivity contribution in [3.05, 3.63) is 27.8 Å². The number of primary amides is 1. The number of halogens is 1. The van der Waals surface area contributed by atoms with Crippen LogP contribution in [0.5, 0.6) is 0 Å². The molecule has 1 aromatic rings. The third-order valence-corrected chi connectivity index (χ3v) is 6.88. The molecule has 2 N–H and O–H groups in total. The highest BCUT2D eigenvalue weighted by atomic mass is 35.5. The van der Waals surface area contributed by atoms with Crippen LogP contribution in [0.2, 0.25) is 4.34 Å². The molecule has 1 radical (unpaired) electrons. The van der Waals surface area contributed by atoms with E-state index in [2.05, 4.69) is 11.3 Å². The summed E-state index contributed by atoms with van der Waals surface area (Å²) in [6, 6.07) is 3.65. The third kappa shape index (κ3) is 5.05. The molecule has 1 saturated heterocycles. The van der Waals surface area contributed by atoms with E-state index in [9.17, 15) is 9.59 Å². The average Bonchev–Trinajstić information content (AvgIpc) is 3.06. The first-order chi connectivity index (χ1) is 12.0. The molecule has 0 bridgehead atoms. The lowest BCUT2D eigenvalue weighted by molar-refractivity contribution is -0.122. The third-order valence-electron chi connectivity index (χ3n) is 5.63. The maximum atomic E-state index is 12.5. The Hall–Kier alpha value is -0.910. The fourth-order valence-corrected chi connectivity index (χ4v) is 5.01. The van der Waals surface area contributed by atoms with Crippen molar-refractivity contribution in [3.8, 4) is 0 Å². The molecule has 1 amide bonds. The number of hydrogen-bond donors (Lipinski definition) is 1. The van der Waals surface area contributed by atoms with Crippen LogP contribution in [0, 0.1) is 24.2 Å². The highest BCUT2D eigenvalue weighted by molar-refractivity contribution is 7.18. The summed E-state index contributed by atoms with van der Waals surface area (Å²) in [4.78, 5) is 27.0. The van der Waals surface area contributed by atoms with Gasteiger partial charge in [0, 0.05) is 11.8 Å². The lowest BCUT2D eigenvalue weighted by atomic mass is 9.80. The van der Waals surface area contributed by atoms with Gasteiger partial charge < -0.3 is 10.6 Å². The summed E-state index contributed by atoms with van der Waals surface area (Å²) in [5, 5.41) is 0. The van der Waals surface area contributed by atoms with Gasteiger partial charge in [-0.15, -0.1) is 11.3 Å². The molecular formula is C19H26ClN2O2S. The van der Waals surface area contributed by atoms with Crippen LogP contribution >= 0.6 is 22.9 Å². The number of ketones is 1. The Kier molecular flexibility index (Phi) is 6.53. The SMILES string of the molecule is NC(=O)C1C[CH]C(CCN2CCC(C(=O)c3ccc(Cl)s3)CC2)CC1. The van der Waals surface area contributed by atoms with Gasteiger partial charge in [-0.05, 0) is 82.6 Å². The standard InChI is InChI=1S/C19H26ClN2O2S/c20-17-6-5-16(25-17)18(23)14-8-11-22(12-9-14)10-7-13-1-3-15(4-2-13)19(21)24/h1,5-6,13-15H,2-4,7-12H2,(H2,21,24). The fraction of sp³-hybridized carbons (Fsp3) is 0.632. The quantitative estimate of drug-likeness (QED) is 0.762. The average molecular weight is 382 g/mol. The summed E-state index contributed by atoms with van der Waals surface area (Å²) in [5.74, 6) is 0.888. The van der Waals surface area contributed by atoms with Crippen molar-refractivity contribution in [1.29, 1.82) is 0 Å². The van der Waals surface area contributed by atoms with E-state index in [1.165, 1.54) is 11.3 Å². The molecule has 0 aromatic carbocycles. The Balaban J connectivity index is 1.37. The second-order valence-electron chi connectivity index (χ2n) is 7.28. The van der Waals surface area contributed by atoms with Gasteiger partial charge in [-0.1, -0.05) is 11.6 Å². The second kappa shape index (κ2) is 8.65. The molecule has 25 heavy (non-hydrogen) atoms. The van der Waals surface area contributed by atoms with E-state index in [4.69, 9.17) is 17.3 Å². The second-order valence-corrected chi connectivity index (χ2v) is 9.00. The predicted octanol–water partition coefficient (Wildman–Crippen LogP) is 3.79. The topological polar surface area (TPSA) is 63.4 Å². The number of carbonyl (C=O) groups excluding carboxylic acids is 2. The van der Waals surface area contributed by atoms with E-state index in [0.717, 1.165) is 63.0 Å². The van der Waals surface area contributed by atoms with Gasteiger partial charge in [0.1, 0.15) is 0 Å². The van der Waals surface area contributed by atoms with E-state index in [1.807, 2.05) is 6.07 Å². The van der Waals surface area contributed by atoms with E-state index < -0.39 is 0 Å². The highest BCUT2D eigenvalue weighted by Gasteiger charge is 2.28. The Morgan fingerprint density at radius 2 is 1.92 bits per heavy atom. The van der Waals surface area contributed by atoms with Crippen molar-refractivity contribution >= 4 is 34.6 Å². The first-order valence-corrected chi connectivity index (χ1v) is 10.4. The monoisotopic (exact) mass is 381 g/mol. The minimum Gasteiger partial charge on any atom is -0.369 e. The summed E-state index contributed by atoms with van der Waals surface area (Å²) in [6.07, 6.45) is 8.14. The van der Waals surface area contributed by atoms with Crippen molar-refractivity contribution in [2.45, 2.75) is 38.5 Å². The molecule has 1 saturated carbocycles. The lowest BCUT2D eigenvalue weighted by Gasteiger charge is -2.33. The first-order valence-electron chi connectivity index (χ1n) is 9.17. The predicted molar refractivity (Wildman–Crippen MR) is 102 cm³/mol. The molecule has 6 heteroatoms. The van der Waals surface area contributed by atoms with Crippen LogP contribution in [0.25, 0.3) is 0 Å². The molecular weight excluding hydrogens is 356 g/mol. The highest BCUT2D eigenvalue weighted by Crippen LogP contribution is 2.31. The van der Waals surface area contributed by atoms with Crippen LogP contribution in [0.15, 0.2) is 12.1 Å². The zero-order chi connectivity index (χ0) is 17.8. The first kappa shape index (κ1) is 18.9. The largest absolute Gasteiger partial charge is 0.369 e. The lowest BCUT2D eigenvalue weighted by Crippen LogP contribution is -2.37. The van der Waals surface area contributed by atoms with Crippen molar-refractivity contribution in [2.75, 3.05) is 19.6 Å². The summed E-state index contributed by atoms with van der Waals surface area (Å²) >= 11 is 7.32. The molecule has 2 unspecified atom stereocenters. The van der Waals surface area contributed by atoms with Gasteiger partial charge in [0.2, 0.25) is 5.91 Å². The van der Waals surface area contributed by atoms with Gasteiger partial charge in [-0.3, -0.25) is 9.59 Å².